The van der Waals surface area contributed by atoms with Gasteiger partial charge in [-0.15, -0.1) is 0 Å². The van der Waals surface area contributed by atoms with Crippen molar-refractivity contribution in [1.82, 2.24) is 14.7 Å². The molecule has 0 saturated carbocycles. The number of hydrogen-bond donors (Lipinski definition) is 1. The number of aromatic nitrogens is 2. The van der Waals surface area contributed by atoms with Crippen LogP contribution in [0.25, 0.3) is 5.69 Å². The molecule has 5 nitrogen and oxygen atoms in total. The number of rotatable bonds is 3. The lowest BCUT2D eigenvalue weighted by atomic mass is 10.1. The second-order valence-electron chi connectivity index (χ2n) is 4.58. The average Bonchev–Trinajstić information content (AvgIpc) is 2.87. The lowest BCUT2D eigenvalue weighted by Gasteiger charge is -2.11. The number of nitrogens with zero attached hydrogens (tertiary/aromatic N) is 3. The maximum atomic E-state index is 11.8. The van der Waals surface area contributed by atoms with Crippen LogP contribution >= 0.6 is 0 Å². The minimum atomic E-state index is -0.589. The number of para-hydroxylation sites is 1. The standard InChI is InChI=1S/C14H17N3O2/c1-10(18)11-6-4-5-7-13(11)17-9-8-12(15-17)14(19)16(2)3/h4-10,18H,1-3H3/t10-/m0/s1. The highest BCUT2D eigenvalue weighted by molar-refractivity contribution is 5.91. The Balaban J connectivity index is 2.41. The third kappa shape index (κ3) is 2.66. The normalized spacial score (nSPS) is 12.2. The van der Waals surface area contributed by atoms with Crippen molar-refractivity contribution in [3.8, 4) is 5.69 Å². The van der Waals surface area contributed by atoms with E-state index in [1.807, 2.05) is 24.3 Å². The highest BCUT2D eigenvalue weighted by Crippen LogP contribution is 2.20. The fourth-order valence-corrected chi connectivity index (χ4v) is 1.85. The molecule has 19 heavy (non-hydrogen) atoms. The fourth-order valence-electron chi connectivity index (χ4n) is 1.85. The first-order chi connectivity index (χ1) is 9.00. The van der Waals surface area contributed by atoms with Crippen LogP contribution in [0.5, 0.6) is 0 Å². The topological polar surface area (TPSA) is 58.4 Å². The first-order valence-corrected chi connectivity index (χ1v) is 6.05. The molecule has 0 aliphatic carbocycles. The van der Waals surface area contributed by atoms with Gasteiger partial charge in [0, 0.05) is 25.9 Å². The molecule has 1 N–H and O–H groups in total. The van der Waals surface area contributed by atoms with Crippen molar-refractivity contribution in [3.63, 3.8) is 0 Å². The van der Waals surface area contributed by atoms with E-state index in [0.717, 1.165) is 11.3 Å². The van der Waals surface area contributed by atoms with Gasteiger partial charge in [0.25, 0.3) is 5.91 Å². The van der Waals surface area contributed by atoms with Gasteiger partial charge < -0.3 is 10.0 Å². The van der Waals surface area contributed by atoms with Crippen molar-refractivity contribution >= 4 is 5.91 Å². The molecule has 1 amide bonds. The molecule has 100 valence electrons. The molecule has 1 atom stereocenters. The Labute approximate surface area is 112 Å². The number of benzene rings is 1. The molecule has 0 spiro atoms. The predicted octanol–water partition coefficient (Wildman–Crippen LogP) is 1.63. The minimum absolute atomic E-state index is 0.145. The molecule has 0 fully saturated rings. The van der Waals surface area contributed by atoms with Crippen LogP contribution < -0.4 is 0 Å². The summed E-state index contributed by atoms with van der Waals surface area (Å²) in [6.45, 7) is 1.70. The van der Waals surface area contributed by atoms with Crippen LogP contribution in [0, 0.1) is 0 Å². The molecule has 0 bridgehead atoms. The van der Waals surface area contributed by atoms with Crippen LogP contribution in [0.3, 0.4) is 0 Å². The Morgan fingerprint density at radius 3 is 2.63 bits per heavy atom. The molecule has 2 aromatic rings. The van der Waals surface area contributed by atoms with E-state index in [0.29, 0.717) is 5.69 Å². The Hall–Kier alpha value is -2.14. The maximum absolute atomic E-state index is 11.8. The summed E-state index contributed by atoms with van der Waals surface area (Å²) in [7, 11) is 3.37. The van der Waals surface area contributed by atoms with Crippen LogP contribution in [0.4, 0.5) is 0 Å². The second-order valence-corrected chi connectivity index (χ2v) is 4.58. The summed E-state index contributed by atoms with van der Waals surface area (Å²) in [5.41, 5.74) is 1.93. The summed E-state index contributed by atoms with van der Waals surface area (Å²) >= 11 is 0. The Morgan fingerprint density at radius 1 is 1.32 bits per heavy atom. The van der Waals surface area contributed by atoms with Gasteiger partial charge >= 0.3 is 0 Å². The number of carbonyl (C=O) groups is 1. The van der Waals surface area contributed by atoms with Crippen molar-refractivity contribution in [1.29, 1.82) is 0 Å². The first kappa shape index (κ1) is 13.3. The van der Waals surface area contributed by atoms with Crippen LogP contribution in [0.15, 0.2) is 36.5 Å². The van der Waals surface area contributed by atoms with Crippen molar-refractivity contribution in [3.05, 3.63) is 47.8 Å². The van der Waals surface area contributed by atoms with Crippen LogP contribution in [0.2, 0.25) is 0 Å². The molecule has 1 heterocycles. The number of aliphatic hydroxyl groups is 1. The molecular formula is C14H17N3O2. The second kappa shape index (κ2) is 5.24. The molecular weight excluding hydrogens is 242 g/mol. The smallest absolute Gasteiger partial charge is 0.273 e. The monoisotopic (exact) mass is 259 g/mol. The third-order valence-corrected chi connectivity index (χ3v) is 2.85. The molecule has 1 aromatic heterocycles. The van der Waals surface area contributed by atoms with E-state index in [1.165, 1.54) is 4.90 Å². The van der Waals surface area contributed by atoms with Crippen LogP contribution in [-0.2, 0) is 0 Å². The molecule has 0 aliphatic heterocycles. The van der Waals surface area contributed by atoms with E-state index in [9.17, 15) is 9.90 Å². The maximum Gasteiger partial charge on any atom is 0.273 e. The lowest BCUT2D eigenvalue weighted by Crippen LogP contribution is -2.22. The minimum Gasteiger partial charge on any atom is -0.389 e. The van der Waals surface area contributed by atoms with Gasteiger partial charge in [0.15, 0.2) is 5.69 Å². The van der Waals surface area contributed by atoms with Gasteiger partial charge in [-0.1, -0.05) is 18.2 Å². The van der Waals surface area contributed by atoms with E-state index in [2.05, 4.69) is 5.10 Å². The Bertz CT molecular complexity index is 588. The highest BCUT2D eigenvalue weighted by Gasteiger charge is 2.14. The molecule has 0 unspecified atom stereocenters. The van der Waals surface area contributed by atoms with E-state index >= 15 is 0 Å². The van der Waals surface area contributed by atoms with Gasteiger partial charge in [-0.2, -0.15) is 5.10 Å². The van der Waals surface area contributed by atoms with Gasteiger partial charge in [0.05, 0.1) is 11.8 Å². The summed E-state index contributed by atoms with van der Waals surface area (Å²) in [4.78, 5) is 13.3. The van der Waals surface area contributed by atoms with Gasteiger partial charge in [0.1, 0.15) is 0 Å². The summed E-state index contributed by atoms with van der Waals surface area (Å²) in [6, 6.07) is 9.10. The molecule has 0 saturated heterocycles. The number of amides is 1. The van der Waals surface area contributed by atoms with Gasteiger partial charge in [-0.25, -0.2) is 4.68 Å². The van der Waals surface area contributed by atoms with Gasteiger partial charge in [0.2, 0.25) is 0 Å². The Kier molecular flexibility index (Phi) is 3.66. The third-order valence-electron chi connectivity index (χ3n) is 2.85. The summed E-state index contributed by atoms with van der Waals surface area (Å²) < 4.78 is 1.61. The van der Waals surface area contributed by atoms with E-state index in [1.54, 1.807) is 38.0 Å². The zero-order chi connectivity index (χ0) is 14.0. The largest absolute Gasteiger partial charge is 0.389 e. The van der Waals surface area contributed by atoms with E-state index < -0.39 is 6.10 Å². The number of hydrogen-bond acceptors (Lipinski definition) is 3. The van der Waals surface area contributed by atoms with Crippen LogP contribution in [-0.4, -0.2) is 39.8 Å². The number of aliphatic hydroxyl groups excluding tert-OH is 1. The fraction of sp³-hybridized carbons (Fsp3) is 0.286. The first-order valence-electron chi connectivity index (χ1n) is 6.05. The molecule has 0 aliphatic rings. The summed E-state index contributed by atoms with van der Waals surface area (Å²) in [5.74, 6) is -0.145. The van der Waals surface area contributed by atoms with E-state index in [4.69, 9.17) is 0 Å². The van der Waals surface area contributed by atoms with Crippen LogP contribution in [0.1, 0.15) is 29.1 Å². The summed E-state index contributed by atoms with van der Waals surface area (Å²) in [6.07, 6.45) is 1.13. The predicted molar refractivity (Wildman–Crippen MR) is 72.2 cm³/mol. The zero-order valence-electron chi connectivity index (χ0n) is 11.2. The zero-order valence-corrected chi connectivity index (χ0v) is 11.2. The van der Waals surface area contributed by atoms with E-state index in [-0.39, 0.29) is 5.91 Å². The molecule has 1 aromatic carbocycles. The Morgan fingerprint density at radius 2 is 2.00 bits per heavy atom. The lowest BCUT2D eigenvalue weighted by molar-refractivity contribution is 0.0821. The van der Waals surface area contributed by atoms with Gasteiger partial charge in [-0.3, -0.25) is 4.79 Å². The number of carbonyl (C=O) groups excluding carboxylic acids is 1. The average molecular weight is 259 g/mol. The SMILES string of the molecule is C[C@H](O)c1ccccc1-n1ccc(C(=O)N(C)C)n1. The van der Waals surface area contributed by atoms with Crippen molar-refractivity contribution < 1.29 is 9.90 Å². The van der Waals surface area contributed by atoms with Crippen molar-refractivity contribution in [2.45, 2.75) is 13.0 Å². The molecule has 0 radical (unpaired) electrons. The van der Waals surface area contributed by atoms with Crippen molar-refractivity contribution in [2.24, 2.45) is 0 Å². The molecule has 5 heteroatoms. The van der Waals surface area contributed by atoms with Crippen molar-refractivity contribution in [2.75, 3.05) is 14.1 Å². The highest BCUT2D eigenvalue weighted by atomic mass is 16.3. The summed E-state index contributed by atoms with van der Waals surface area (Å²) in [5, 5.41) is 14.0. The molecule has 2 rings (SSSR count). The quantitative estimate of drug-likeness (QED) is 0.911. The van der Waals surface area contributed by atoms with Gasteiger partial charge in [-0.05, 0) is 19.1 Å².